The summed E-state index contributed by atoms with van der Waals surface area (Å²) < 4.78 is 26.2. The molecule has 0 aromatic carbocycles. The first-order valence-electron chi connectivity index (χ1n) is 19.1. The molecule has 9 nitrogen and oxygen atoms in total. The van der Waals surface area contributed by atoms with Gasteiger partial charge in [-0.25, -0.2) is 4.57 Å². The van der Waals surface area contributed by atoms with Crippen molar-refractivity contribution >= 4 is 25.5 Å². The SMILES string of the molecule is CCCCC/C=C\C=C\C(=O)CCCCCCCC(=O)O[C@H](COC(=O)CCCCCCCCCCCCCCCC)COP(=O)(O)O. The fourth-order valence-electron chi connectivity index (χ4n) is 5.30. The maximum atomic E-state index is 12.3. The van der Waals surface area contributed by atoms with E-state index in [1.165, 1.54) is 83.5 Å². The summed E-state index contributed by atoms with van der Waals surface area (Å²) in [7, 11) is -4.78. The molecule has 10 heteroatoms. The van der Waals surface area contributed by atoms with Gasteiger partial charge in [-0.05, 0) is 38.2 Å². The van der Waals surface area contributed by atoms with Crippen LogP contribution in [0.1, 0.15) is 181 Å². The van der Waals surface area contributed by atoms with Crippen molar-refractivity contribution in [3.05, 3.63) is 24.3 Å². The molecule has 0 aromatic heterocycles. The van der Waals surface area contributed by atoms with Crippen LogP contribution in [0.5, 0.6) is 0 Å². The molecule has 2 N–H and O–H groups in total. The standard InChI is InChI=1S/C38H69O9P/c1-3-5-7-9-11-12-13-14-15-16-17-19-23-27-31-37(40)45-33-36(34-46-48(42,43)44)47-38(41)32-28-24-20-22-26-30-35(39)29-25-21-18-10-8-6-4-2/h18,21,25,29,36H,3-17,19-20,22-24,26-28,30-34H2,1-2H3,(H2,42,43,44)/b21-18-,29-25+/t36-/m1/s1. The molecule has 1 atom stereocenters. The lowest BCUT2D eigenvalue weighted by atomic mass is 10.0. The molecule has 0 spiro atoms. The fourth-order valence-corrected chi connectivity index (χ4v) is 5.66. The first kappa shape index (κ1) is 46.2. The maximum Gasteiger partial charge on any atom is 0.469 e. The van der Waals surface area contributed by atoms with Crippen LogP contribution in [0, 0.1) is 0 Å². The lowest BCUT2D eigenvalue weighted by molar-refractivity contribution is -0.161. The highest BCUT2D eigenvalue weighted by atomic mass is 31.2. The van der Waals surface area contributed by atoms with Gasteiger partial charge in [0.1, 0.15) is 6.61 Å². The fraction of sp³-hybridized carbons (Fsp3) is 0.816. The number of hydrogen-bond acceptors (Lipinski definition) is 7. The monoisotopic (exact) mass is 700 g/mol. The number of esters is 2. The Hall–Kier alpha value is -1.80. The van der Waals surface area contributed by atoms with Gasteiger partial charge in [-0.15, -0.1) is 0 Å². The summed E-state index contributed by atoms with van der Waals surface area (Å²) in [6.45, 7) is 3.53. The van der Waals surface area contributed by atoms with Gasteiger partial charge in [0.25, 0.3) is 0 Å². The topological polar surface area (TPSA) is 136 Å². The lowest BCUT2D eigenvalue weighted by Crippen LogP contribution is -2.29. The number of carbonyl (C=O) groups is 3. The van der Waals surface area contributed by atoms with Crippen LogP contribution in [0.3, 0.4) is 0 Å². The van der Waals surface area contributed by atoms with Crippen molar-refractivity contribution in [2.24, 2.45) is 0 Å². The Kier molecular flexibility index (Phi) is 32.4. The molecule has 0 radical (unpaired) electrons. The van der Waals surface area contributed by atoms with Crippen LogP contribution < -0.4 is 0 Å². The Morgan fingerprint density at radius 2 is 1.04 bits per heavy atom. The van der Waals surface area contributed by atoms with E-state index in [0.717, 1.165) is 51.4 Å². The van der Waals surface area contributed by atoms with Gasteiger partial charge in [0.05, 0.1) is 6.61 Å². The first-order valence-corrected chi connectivity index (χ1v) is 20.6. The molecule has 0 amide bonds. The molecule has 0 fully saturated rings. The molecule has 280 valence electrons. The number of hydrogen-bond donors (Lipinski definition) is 2. The number of carbonyl (C=O) groups excluding carboxylic acids is 3. The normalized spacial score (nSPS) is 12.6. The van der Waals surface area contributed by atoms with Gasteiger partial charge in [-0.3, -0.25) is 18.9 Å². The molecule has 0 heterocycles. The van der Waals surface area contributed by atoms with E-state index in [2.05, 4.69) is 24.4 Å². The summed E-state index contributed by atoms with van der Waals surface area (Å²) >= 11 is 0. The predicted octanol–water partition coefficient (Wildman–Crippen LogP) is 10.4. The third-order valence-electron chi connectivity index (χ3n) is 8.20. The van der Waals surface area contributed by atoms with Crippen LogP contribution in [0.4, 0.5) is 0 Å². The molecule has 0 saturated heterocycles. The van der Waals surface area contributed by atoms with E-state index in [4.69, 9.17) is 19.3 Å². The molecule has 48 heavy (non-hydrogen) atoms. The molecule has 0 rings (SSSR count). The second-order valence-corrected chi connectivity index (χ2v) is 14.2. The van der Waals surface area contributed by atoms with Crippen molar-refractivity contribution in [3.63, 3.8) is 0 Å². The summed E-state index contributed by atoms with van der Waals surface area (Å²) in [5.74, 6) is -0.861. The van der Waals surface area contributed by atoms with Gasteiger partial charge in [0.15, 0.2) is 11.9 Å². The van der Waals surface area contributed by atoms with Crippen molar-refractivity contribution in [1.82, 2.24) is 0 Å². The highest BCUT2D eigenvalue weighted by Gasteiger charge is 2.22. The largest absolute Gasteiger partial charge is 0.469 e. The summed E-state index contributed by atoms with van der Waals surface area (Å²) in [5.41, 5.74) is 0. The minimum atomic E-state index is -4.78. The molecular formula is C38H69O9P. The molecule has 0 aliphatic heterocycles. The summed E-state index contributed by atoms with van der Waals surface area (Å²) in [5, 5.41) is 0. The third kappa shape index (κ3) is 35.5. The summed E-state index contributed by atoms with van der Waals surface area (Å²) in [6, 6.07) is 0. The second kappa shape index (κ2) is 33.7. The minimum Gasteiger partial charge on any atom is -0.462 e. The first-order chi connectivity index (χ1) is 23.2. The van der Waals surface area contributed by atoms with E-state index >= 15 is 0 Å². The number of phosphoric ester groups is 1. The summed E-state index contributed by atoms with van der Waals surface area (Å²) in [6.07, 6.45) is 32.9. The van der Waals surface area contributed by atoms with Crippen LogP contribution in [0.15, 0.2) is 24.3 Å². The Balaban J connectivity index is 4.04. The average Bonchev–Trinajstić information content (AvgIpc) is 3.04. The highest BCUT2D eigenvalue weighted by molar-refractivity contribution is 7.46. The third-order valence-corrected chi connectivity index (χ3v) is 8.68. The number of ether oxygens (including phenoxy) is 2. The van der Waals surface area contributed by atoms with Crippen LogP contribution in [0.25, 0.3) is 0 Å². The highest BCUT2D eigenvalue weighted by Crippen LogP contribution is 2.36. The van der Waals surface area contributed by atoms with E-state index in [0.29, 0.717) is 19.3 Å². The Morgan fingerprint density at radius 3 is 1.56 bits per heavy atom. The zero-order valence-electron chi connectivity index (χ0n) is 30.4. The Bertz CT molecular complexity index is 897. The van der Waals surface area contributed by atoms with Gasteiger partial charge < -0.3 is 19.3 Å². The number of phosphoric acid groups is 1. The molecule has 0 aliphatic rings. The molecule has 0 aliphatic carbocycles. The van der Waals surface area contributed by atoms with Gasteiger partial charge in [-0.2, -0.15) is 0 Å². The van der Waals surface area contributed by atoms with Crippen molar-refractivity contribution in [2.45, 2.75) is 187 Å². The van der Waals surface area contributed by atoms with Crippen molar-refractivity contribution in [2.75, 3.05) is 13.2 Å². The van der Waals surface area contributed by atoms with Gasteiger partial charge in [0, 0.05) is 19.3 Å². The van der Waals surface area contributed by atoms with Crippen molar-refractivity contribution in [1.29, 1.82) is 0 Å². The number of rotatable bonds is 35. The molecule has 0 unspecified atom stereocenters. The van der Waals surface area contributed by atoms with Gasteiger partial charge in [-0.1, -0.05) is 148 Å². The van der Waals surface area contributed by atoms with Crippen molar-refractivity contribution in [3.8, 4) is 0 Å². The van der Waals surface area contributed by atoms with Gasteiger partial charge in [0.2, 0.25) is 0 Å². The molecule has 0 saturated carbocycles. The van der Waals surface area contributed by atoms with Crippen LogP contribution in [0.2, 0.25) is 0 Å². The minimum absolute atomic E-state index is 0.112. The number of ketones is 1. The van der Waals surface area contributed by atoms with E-state index in [1.807, 2.05) is 6.08 Å². The second-order valence-electron chi connectivity index (χ2n) is 12.9. The Morgan fingerprint density at radius 1 is 0.583 bits per heavy atom. The quantitative estimate of drug-likeness (QED) is 0.0217. The Labute approximate surface area is 292 Å². The van der Waals surface area contributed by atoms with Crippen molar-refractivity contribution < 1.29 is 42.7 Å². The number of allylic oxidation sites excluding steroid dienone is 4. The van der Waals surface area contributed by atoms with Crippen LogP contribution >= 0.6 is 7.82 Å². The molecule has 0 aromatic rings. The zero-order chi connectivity index (χ0) is 35.6. The molecule has 0 bridgehead atoms. The van der Waals surface area contributed by atoms with Crippen LogP contribution in [-0.2, 0) is 32.9 Å². The predicted molar refractivity (Wildman–Crippen MR) is 194 cm³/mol. The van der Waals surface area contributed by atoms with E-state index in [1.54, 1.807) is 12.2 Å². The average molecular weight is 701 g/mol. The van der Waals surface area contributed by atoms with E-state index in [-0.39, 0.29) is 25.2 Å². The van der Waals surface area contributed by atoms with E-state index in [9.17, 15) is 18.9 Å². The van der Waals surface area contributed by atoms with Crippen LogP contribution in [-0.4, -0.2) is 46.8 Å². The number of unbranched alkanes of at least 4 members (excludes halogenated alkanes) is 20. The zero-order valence-corrected chi connectivity index (χ0v) is 31.3. The molecular weight excluding hydrogens is 631 g/mol. The van der Waals surface area contributed by atoms with Gasteiger partial charge >= 0.3 is 19.8 Å². The van der Waals surface area contributed by atoms with E-state index < -0.39 is 32.5 Å². The lowest BCUT2D eigenvalue weighted by Gasteiger charge is -2.18. The summed E-state index contributed by atoms with van der Waals surface area (Å²) in [4.78, 5) is 54.6. The maximum absolute atomic E-state index is 12.3. The smallest absolute Gasteiger partial charge is 0.462 e.